The molecule has 4 rings (SSSR count). The average Bonchev–Trinajstić information content (AvgIpc) is 3.22. The number of ether oxygens (including phenoxy) is 1. The standard InChI is InChI=1S/C22H30N2O2S.CH2O2/c25-16-21-22(19-7-3-1-4-8-19)24(11-12-26-21)15-20-13-18(17-27-20)14-23-9-5-2-6-10-23;2-1-3/h1,3-4,7-8,13,17,21-22,25H,2,5-6,9-12,14-16H2;1H,(H,2,3)/t21-,22-;/m1./s1. The van der Waals surface area contributed by atoms with E-state index < -0.39 is 0 Å². The zero-order chi connectivity index (χ0) is 21.2. The zero-order valence-electron chi connectivity index (χ0n) is 17.4. The van der Waals surface area contributed by atoms with Crippen LogP contribution in [0.15, 0.2) is 41.8 Å². The number of rotatable bonds is 6. The van der Waals surface area contributed by atoms with Gasteiger partial charge in [-0.05, 0) is 48.5 Å². The smallest absolute Gasteiger partial charge is 0.290 e. The Hall–Kier alpha value is -1.77. The maximum atomic E-state index is 9.84. The maximum Gasteiger partial charge on any atom is 0.290 e. The van der Waals surface area contributed by atoms with Crippen molar-refractivity contribution in [1.29, 1.82) is 0 Å². The van der Waals surface area contributed by atoms with E-state index in [1.807, 2.05) is 17.4 Å². The van der Waals surface area contributed by atoms with Gasteiger partial charge in [0.25, 0.3) is 6.47 Å². The molecule has 6 nitrogen and oxygen atoms in total. The van der Waals surface area contributed by atoms with Crippen molar-refractivity contribution in [3.05, 3.63) is 57.8 Å². The Bertz CT molecular complexity index is 749. The second-order valence-electron chi connectivity index (χ2n) is 7.78. The van der Waals surface area contributed by atoms with Gasteiger partial charge >= 0.3 is 0 Å². The summed E-state index contributed by atoms with van der Waals surface area (Å²) in [6.45, 7) is 5.87. The topological polar surface area (TPSA) is 73.2 Å². The van der Waals surface area contributed by atoms with Gasteiger partial charge in [-0.2, -0.15) is 0 Å². The predicted molar refractivity (Wildman–Crippen MR) is 119 cm³/mol. The second-order valence-corrected chi connectivity index (χ2v) is 8.78. The molecule has 0 saturated carbocycles. The number of nitrogens with zero attached hydrogens (tertiary/aromatic N) is 2. The third-order valence-corrected chi connectivity index (χ3v) is 6.67. The van der Waals surface area contributed by atoms with E-state index in [9.17, 15) is 5.11 Å². The summed E-state index contributed by atoms with van der Waals surface area (Å²) < 4.78 is 5.87. The van der Waals surface area contributed by atoms with Crippen molar-refractivity contribution in [2.45, 2.75) is 44.5 Å². The van der Waals surface area contributed by atoms with E-state index in [0.29, 0.717) is 6.61 Å². The molecule has 2 aliphatic rings. The molecule has 0 radical (unpaired) electrons. The Morgan fingerprint density at radius 3 is 2.53 bits per heavy atom. The number of aliphatic hydroxyl groups is 1. The number of thiophene rings is 1. The van der Waals surface area contributed by atoms with E-state index in [-0.39, 0.29) is 25.2 Å². The third-order valence-electron chi connectivity index (χ3n) is 5.70. The van der Waals surface area contributed by atoms with Gasteiger partial charge in [0.1, 0.15) is 6.10 Å². The summed E-state index contributed by atoms with van der Waals surface area (Å²) in [6, 6.07) is 13.0. The summed E-state index contributed by atoms with van der Waals surface area (Å²) in [5.41, 5.74) is 2.67. The molecule has 7 heteroatoms. The largest absolute Gasteiger partial charge is 0.483 e. The van der Waals surface area contributed by atoms with Gasteiger partial charge in [-0.1, -0.05) is 36.8 Å². The fraction of sp³-hybridized carbons (Fsp3) is 0.522. The Kier molecular flexibility index (Phi) is 9.29. The third kappa shape index (κ3) is 6.36. The lowest BCUT2D eigenvalue weighted by Crippen LogP contribution is -2.46. The SMILES string of the molecule is O=CO.OC[C@H]1OCCN(Cc2cc(CN3CCCCC3)cs2)[C@@H]1c1ccccc1. The second kappa shape index (κ2) is 12.2. The molecule has 30 heavy (non-hydrogen) atoms. The first-order valence-corrected chi connectivity index (χ1v) is 11.5. The highest BCUT2D eigenvalue weighted by atomic mass is 32.1. The summed E-state index contributed by atoms with van der Waals surface area (Å²) in [7, 11) is 0. The highest BCUT2D eigenvalue weighted by Crippen LogP contribution is 2.32. The minimum absolute atomic E-state index is 0.0563. The Labute approximate surface area is 182 Å². The lowest BCUT2D eigenvalue weighted by atomic mass is 9.98. The number of carbonyl (C=O) groups is 1. The van der Waals surface area contributed by atoms with E-state index in [2.05, 4.69) is 45.5 Å². The molecule has 0 amide bonds. The number of likely N-dealkylation sites (tertiary alicyclic amines) is 1. The van der Waals surface area contributed by atoms with Crippen LogP contribution in [0.25, 0.3) is 0 Å². The average molecular weight is 433 g/mol. The summed E-state index contributed by atoms with van der Waals surface area (Å²) in [6.07, 6.45) is 3.90. The Morgan fingerprint density at radius 2 is 1.83 bits per heavy atom. The molecule has 2 aromatic rings. The summed E-state index contributed by atoms with van der Waals surface area (Å²) in [4.78, 5) is 14.8. The molecular formula is C23H32N2O4S. The fourth-order valence-corrected chi connectivity index (χ4v) is 5.27. The Balaban J connectivity index is 0.000000806. The molecule has 3 heterocycles. The van der Waals surface area contributed by atoms with Gasteiger partial charge in [0.15, 0.2) is 0 Å². The van der Waals surface area contributed by atoms with Gasteiger partial charge in [0, 0.05) is 24.5 Å². The van der Waals surface area contributed by atoms with Gasteiger partial charge in [0.05, 0.1) is 19.3 Å². The van der Waals surface area contributed by atoms with Gasteiger partial charge in [-0.3, -0.25) is 14.6 Å². The van der Waals surface area contributed by atoms with Gasteiger partial charge in [-0.25, -0.2) is 0 Å². The van der Waals surface area contributed by atoms with Gasteiger partial charge < -0.3 is 14.9 Å². The normalized spacial score (nSPS) is 22.8. The summed E-state index contributed by atoms with van der Waals surface area (Å²) in [5.74, 6) is 0. The van der Waals surface area contributed by atoms with Crippen LogP contribution in [-0.4, -0.2) is 65.4 Å². The molecule has 1 aromatic heterocycles. The van der Waals surface area contributed by atoms with Crippen molar-refractivity contribution < 1.29 is 19.7 Å². The van der Waals surface area contributed by atoms with Crippen LogP contribution in [0.4, 0.5) is 0 Å². The minimum Gasteiger partial charge on any atom is -0.483 e. The molecule has 0 aliphatic carbocycles. The first-order chi connectivity index (χ1) is 14.7. The van der Waals surface area contributed by atoms with Crippen LogP contribution in [-0.2, 0) is 22.6 Å². The van der Waals surface area contributed by atoms with E-state index >= 15 is 0 Å². The molecule has 2 atom stereocenters. The predicted octanol–water partition coefficient (Wildman–Crippen LogP) is 3.37. The number of morpholine rings is 1. The quantitative estimate of drug-likeness (QED) is 0.682. The van der Waals surface area contributed by atoms with Crippen molar-refractivity contribution in [1.82, 2.24) is 9.80 Å². The van der Waals surface area contributed by atoms with Crippen LogP contribution in [0, 0.1) is 0 Å². The number of hydrogen-bond acceptors (Lipinski definition) is 6. The van der Waals surface area contributed by atoms with Gasteiger partial charge in [-0.15, -0.1) is 11.3 Å². The van der Waals surface area contributed by atoms with Crippen LogP contribution >= 0.6 is 11.3 Å². The van der Waals surface area contributed by atoms with E-state index in [4.69, 9.17) is 14.6 Å². The first-order valence-electron chi connectivity index (χ1n) is 10.6. The van der Waals surface area contributed by atoms with Crippen molar-refractivity contribution >= 4 is 17.8 Å². The number of hydrogen-bond donors (Lipinski definition) is 2. The molecule has 0 spiro atoms. The highest BCUT2D eigenvalue weighted by molar-refractivity contribution is 7.10. The fourth-order valence-electron chi connectivity index (χ4n) is 4.36. The maximum absolute atomic E-state index is 9.84. The van der Waals surface area contributed by atoms with E-state index in [1.54, 1.807) is 0 Å². The molecule has 0 unspecified atom stereocenters. The lowest BCUT2D eigenvalue weighted by Gasteiger charge is -2.40. The van der Waals surface area contributed by atoms with Gasteiger partial charge in [0.2, 0.25) is 0 Å². The molecule has 2 saturated heterocycles. The molecule has 2 N–H and O–H groups in total. The van der Waals surface area contributed by atoms with Crippen molar-refractivity contribution in [3.63, 3.8) is 0 Å². The zero-order valence-corrected chi connectivity index (χ0v) is 18.2. The number of carboxylic acid groups (broad SMARTS) is 1. The van der Waals surface area contributed by atoms with Crippen LogP contribution in [0.1, 0.15) is 41.3 Å². The van der Waals surface area contributed by atoms with Crippen molar-refractivity contribution in [3.8, 4) is 0 Å². The van der Waals surface area contributed by atoms with E-state index in [0.717, 1.165) is 19.6 Å². The molecule has 2 fully saturated rings. The lowest BCUT2D eigenvalue weighted by molar-refractivity contribution is -0.122. The molecule has 2 aliphatic heterocycles. The van der Waals surface area contributed by atoms with E-state index in [1.165, 1.54) is 48.4 Å². The summed E-state index contributed by atoms with van der Waals surface area (Å²) in [5, 5.41) is 19.1. The van der Waals surface area contributed by atoms with Crippen molar-refractivity contribution in [2.75, 3.05) is 32.8 Å². The number of benzene rings is 1. The molecule has 0 bridgehead atoms. The Morgan fingerprint density at radius 1 is 1.10 bits per heavy atom. The van der Waals surface area contributed by atoms with Crippen LogP contribution < -0.4 is 0 Å². The monoisotopic (exact) mass is 432 g/mol. The van der Waals surface area contributed by atoms with Crippen LogP contribution in [0.3, 0.4) is 0 Å². The molecular weight excluding hydrogens is 400 g/mol. The van der Waals surface area contributed by atoms with Crippen molar-refractivity contribution in [2.24, 2.45) is 0 Å². The molecule has 1 aromatic carbocycles. The highest BCUT2D eigenvalue weighted by Gasteiger charge is 2.33. The summed E-state index contributed by atoms with van der Waals surface area (Å²) >= 11 is 1.87. The number of piperidine rings is 1. The first kappa shape index (κ1) is 22.9. The van der Waals surface area contributed by atoms with Crippen LogP contribution in [0.5, 0.6) is 0 Å². The number of aliphatic hydroxyl groups excluding tert-OH is 1. The molecule has 164 valence electrons. The van der Waals surface area contributed by atoms with Crippen LogP contribution in [0.2, 0.25) is 0 Å². The minimum atomic E-state index is -0.250.